The monoisotopic (exact) mass is 483 g/mol. The second kappa shape index (κ2) is 8.24. The highest BCUT2D eigenvalue weighted by molar-refractivity contribution is 5.94. The number of hydrogen-bond donors (Lipinski definition) is 2. The normalized spacial score (nSPS) is 17.1. The predicted octanol–water partition coefficient (Wildman–Crippen LogP) is 5.68. The number of nitrogens with zero attached hydrogens (tertiary/aromatic N) is 1. The molecule has 2 aliphatic heterocycles. The third kappa shape index (κ3) is 3.55. The van der Waals surface area contributed by atoms with Gasteiger partial charge in [0, 0.05) is 29.4 Å². The first-order valence-electron chi connectivity index (χ1n) is 11.7. The van der Waals surface area contributed by atoms with Crippen molar-refractivity contribution >= 4 is 11.7 Å². The molecule has 0 saturated carbocycles. The maximum absolute atomic E-state index is 14.4. The zero-order chi connectivity index (χ0) is 25.1. The summed E-state index contributed by atoms with van der Waals surface area (Å²) in [6.07, 6.45) is -0.571. The average molecular weight is 484 g/mol. The van der Waals surface area contributed by atoms with Crippen molar-refractivity contribution in [1.82, 2.24) is 10.3 Å². The van der Waals surface area contributed by atoms with Gasteiger partial charge in [-0.2, -0.15) is 0 Å². The van der Waals surface area contributed by atoms with Crippen LogP contribution < -0.4 is 11.1 Å². The summed E-state index contributed by atoms with van der Waals surface area (Å²) in [5.74, 6) is -0.934. The molecule has 2 bridgehead atoms. The summed E-state index contributed by atoms with van der Waals surface area (Å²) in [5, 5.41) is 2.97. The third-order valence-corrected chi connectivity index (χ3v) is 7.07. The van der Waals surface area contributed by atoms with Gasteiger partial charge in [0.05, 0.1) is 0 Å². The van der Waals surface area contributed by atoms with E-state index in [1.54, 1.807) is 6.07 Å². The Morgan fingerprint density at radius 2 is 1.67 bits per heavy atom. The third-order valence-electron chi connectivity index (χ3n) is 7.07. The summed E-state index contributed by atoms with van der Waals surface area (Å²) in [6.45, 7) is 4.09. The standard InChI is InChI=1S/C29H23F2N3O2/c1-14-9-18(15(2)34-28(14)32)13-33-29(35)17-4-7-22-24(11-17)27-23-10-16(3-6-21(23)26(22)36-27)20-8-5-19(30)12-25(20)31/h3-12,26-27H,13H2,1-2H3,(H2,32,34)(H,33,35). The van der Waals surface area contributed by atoms with E-state index >= 15 is 0 Å². The van der Waals surface area contributed by atoms with Gasteiger partial charge in [0.1, 0.15) is 29.7 Å². The molecule has 7 heteroatoms. The molecule has 180 valence electrons. The van der Waals surface area contributed by atoms with Crippen molar-refractivity contribution in [2.75, 3.05) is 5.73 Å². The number of carbonyl (C=O) groups excluding carboxylic acids is 1. The van der Waals surface area contributed by atoms with Gasteiger partial charge in [0.15, 0.2) is 0 Å². The largest absolute Gasteiger partial charge is 0.383 e. The van der Waals surface area contributed by atoms with E-state index < -0.39 is 11.6 Å². The second-order valence-electron chi connectivity index (χ2n) is 9.33. The van der Waals surface area contributed by atoms with Gasteiger partial charge in [-0.3, -0.25) is 4.79 Å². The number of amides is 1. The lowest BCUT2D eigenvalue weighted by Gasteiger charge is -2.18. The fourth-order valence-electron chi connectivity index (χ4n) is 5.11. The van der Waals surface area contributed by atoms with Gasteiger partial charge in [-0.25, -0.2) is 13.8 Å². The molecule has 2 unspecified atom stereocenters. The van der Waals surface area contributed by atoms with E-state index in [0.717, 1.165) is 45.1 Å². The molecular formula is C29H23F2N3O2. The maximum atomic E-state index is 14.4. The van der Waals surface area contributed by atoms with Crippen LogP contribution in [0.2, 0.25) is 0 Å². The molecule has 5 nitrogen and oxygen atoms in total. The zero-order valence-corrected chi connectivity index (χ0v) is 19.7. The Morgan fingerprint density at radius 3 is 2.44 bits per heavy atom. The highest BCUT2D eigenvalue weighted by Crippen LogP contribution is 2.54. The smallest absolute Gasteiger partial charge is 0.251 e. The van der Waals surface area contributed by atoms with E-state index in [2.05, 4.69) is 10.3 Å². The average Bonchev–Trinajstić information content (AvgIpc) is 3.42. The molecule has 3 N–H and O–H groups in total. The number of nitrogen functional groups attached to an aromatic ring is 1. The van der Waals surface area contributed by atoms with Crippen LogP contribution in [0, 0.1) is 25.5 Å². The van der Waals surface area contributed by atoms with Crippen molar-refractivity contribution < 1.29 is 18.3 Å². The first-order chi connectivity index (χ1) is 17.3. The van der Waals surface area contributed by atoms with Crippen molar-refractivity contribution in [2.45, 2.75) is 32.6 Å². The van der Waals surface area contributed by atoms with Crippen molar-refractivity contribution in [3.8, 4) is 11.1 Å². The molecule has 1 aromatic heterocycles. The Hall–Kier alpha value is -4.10. The number of benzene rings is 3. The molecule has 3 aromatic carbocycles. The van der Waals surface area contributed by atoms with Gasteiger partial charge in [0.25, 0.3) is 5.91 Å². The minimum absolute atomic E-state index is 0.197. The van der Waals surface area contributed by atoms with Crippen LogP contribution in [0.15, 0.2) is 60.7 Å². The van der Waals surface area contributed by atoms with E-state index in [9.17, 15) is 13.6 Å². The predicted molar refractivity (Wildman–Crippen MR) is 132 cm³/mol. The maximum Gasteiger partial charge on any atom is 0.251 e. The van der Waals surface area contributed by atoms with E-state index in [1.807, 2.05) is 50.2 Å². The van der Waals surface area contributed by atoms with E-state index in [0.29, 0.717) is 29.1 Å². The Balaban J connectivity index is 1.26. The van der Waals surface area contributed by atoms with Gasteiger partial charge < -0.3 is 15.8 Å². The fraction of sp³-hybridized carbons (Fsp3) is 0.172. The number of nitrogens with two attached hydrogens (primary N) is 1. The summed E-state index contributed by atoms with van der Waals surface area (Å²) in [5.41, 5.74) is 13.9. The van der Waals surface area contributed by atoms with Gasteiger partial charge in [-0.1, -0.05) is 18.2 Å². The molecule has 4 aromatic rings. The lowest BCUT2D eigenvalue weighted by Crippen LogP contribution is -2.24. The number of ether oxygens (including phenoxy) is 1. The summed E-state index contributed by atoms with van der Waals surface area (Å²) >= 11 is 0. The highest BCUT2D eigenvalue weighted by Gasteiger charge is 2.43. The van der Waals surface area contributed by atoms with Crippen LogP contribution in [0.3, 0.4) is 0 Å². The number of carbonyl (C=O) groups is 1. The van der Waals surface area contributed by atoms with Gasteiger partial charge >= 0.3 is 0 Å². The van der Waals surface area contributed by atoms with Crippen LogP contribution in [0.1, 0.15) is 61.6 Å². The molecule has 0 saturated heterocycles. The second-order valence-corrected chi connectivity index (χ2v) is 9.33. The van der Waals surface area contributed by atoms with Crippen LogP contribution in [0.5, 0.6) is 0 Å². The molecule has 36 heavy (non-hydrogen) atoms. The quantitative estimate of drug-likeness (QED) is 0.392. The van der Waals surface area contributed by atoms with Crippen LogP contribution in [-0.2, 0) is 11.3 Å². The highest BCUT2D eigenvalue weighted by atomic mass is 19.1. The molecule has 6 rings (SSSR count). The number of aromatic nitrogens is 1. The van der Waals surface area contributed by atoms with E-state index in [-0.39, 0.29) is 18.1 Å². The molecule has 0 aliphatic carbocycles. The molecule has 1 amide bonds. The summed E-state index contributed by atoms with van der Waals surface area (Å²) < 4.78 is 34.0. The minimum Gasteiger partial charge on any atom is -0.383 e. The van der Waals surface area contributed by atoms with Crippen molar-refractivity contribution in [2.24, 2.45) is 0 Å². The first-order valence-corrected chi connectivity index (χ1v) is 11.7. The van der Waals surface area contributed by atoms with Crippen molar-refractivity contribution in [1.29, 1.82) is 0 Å². The van der Waals surface area contributed by atoms with Crippen molar-refractivity contribution in [3.05, 3.63) is 117 Å². The number of halogens is 2. The summed E-state index contributed by atoms with van der Waals surface area (Å²) in [7, 11) is 0. The molecular weight excluding hydrogens is 460 g/mol. The molecule has 2 atom stereocenters. The number of nitrogens with one attached hydrogen (secondary N) is 1. The van der Waals surface area contributed by atoms with Crippen LogP contribution in [0.4, 0.5) is 14.6 Å². The summed E-state index contributed by atoms with van der Waals surface area (Å²) in [4.78, 5) is 17.3. The number of pyridine rings is 1. The Morgan fingerprint density at radius 1 is 0.944 bits per heavy atom. The molecule has 2 aliphatic rings. The number of hydrogen-bond acceptors (Lipinski definition) is 4. The number of anilines is 1. The molecule has 0 spiro atoms. The number of aryl methyl sites for hydroxylation is 2. The number of rotatable bonds is 4. The first kappa shape index (κ1) is 22.4. The fourth-order valence-corrected chi connectivity index (χ4v) is 5.11. The zero-order valence-electron chi connectivity index (χ0n) is 19.7. The number of fused-ring (bicyclic) bond motifs is 8. The Labute approximate surface area is 206 Å². The van der Waals surface area contributed by atoms with Gasteiger partial charge in [0.2, 0.25) is 0 Å². The van der Waals surface area contributed by atoms with E-state index in [4.69, 9.17) is 10.5 Å². The molecule has 0 fully saturated rings. The lowest BCUT2D eigenvalue weighted by molar-refractivity contribution is 0.0857. The molecule has 0 radical (unpaired) electrons. The summed E-state index contributed by atoms with van der Waals surface area (Å²) in [6, 6.07) is 16.8. The van der Waals surface area contributed by atoms with Crippen LogP contribution >= 0.6 is 0 Å². The van der Waals surface area contributed by atoms with Crippen LogP contribution in [-0.4, -0.2) is 10.9 Å². The Kier molecular flexibility index (Phi) is 5.12. The SMILES string of the molecule is Cc1cc(CNC(=O)c2ccc3c(c2)C2OC3c3ccc(-c4ccc(F)cc4F)cc32)c(C)nc1N. The Bertz CT molecular complexity index is 1570. The van der Waals surface area contributed by atoms with E-state index in [1.165, 1.54) is 12.1 Å². The minimum atomic E-state index is -0.613. The lowest BCUT2D eigenvalue weighted by atomic mass is 9.83. The van der Waals surface area contributed by atoms with Gasteiger partial charge in [-0.05, 0) is 89.2 Å². The molecule has 3 heterocycles. The van der Waals surface area contributed by atoms with Crippen molar-refractivity contribution in [3.63, 3.8) is 0 Å². The van der Waals surface area contributed by atoms with Crippen LogP contribution in [0.25, 0.3) is 11.1 Å². The van der Waals surface area contributed by atoms with Gasteiger partial charge in [-0.15, -0.1) is 0 Å². The topological polar surface area (TPSA) is 77.2 Å².